The van der Waals surface area contributed by atoms with E-state index in [2.05, 4.69) is 76.6 Å². The van der Waals surface area contributed by atoms with E-state index in [0.717, 1.165) is 41.0 Å². The van der Waals surface area contributed by atoms with Crippen molar-refractivity contribution in [3.8, 4) is 23.0 Å². The second-order valence-electron chi connectivity index (χ2n) is 8.23. The fourth-order valence-corrected chi connectivity index (χ4v) is 4.35. The minimum Gasteiger partial charge on any atom is -0.342 e. The van der Waals surface area contributed by atoms with Crippen LogP contribution in [0.15, 0.2) is 42.9 Å². The summed E-state index contributed by atoms with van der Waals surface area (Å²) in [4.78, 5) is 16.7. The standard InChI is InChI=1S/C23H26N8/c1-6-18-22-28-27-16(5)31(22)19-13-25-23(26-21(19)30(18)14(2)3)29-12-11-24-20(29)17-9-7-15(4)8-10-17/h7-14,18H,6H2,1-5H3/t18-/m1/s1. The van der Waals surface area contributed by atoms with Crippen LogP contribution in [-0.4, -0.2) is 40.3 Å². The third-order valence-corrected chi connectivity index (χ3v) is 5.82. The molecule has 0 aliphatic carbocycles. The van der Waals surface area contributed by atoms with Crippen molar-refractivity contribution < 1.29 is 0 Å². The zero-order valence-electron chi connectivity index (χ0n) is 18.5. The molecule has 0 fully saturated rings. The molecule has 1 atom stereocenters. The number of nitrogens with zero attached hydrogens (tertiary/aromatic N) is 8. The summed E-state index contributed by atoms with van der Waals surface area (Å²) in [7, 11) is 0. The maximum Gasteiger partial charge on any atom is 0.237 e. The first-order chi connectivity index (χ1) is 15.0. The molecule has 1 aromatic carbocycles. The maximum absolute atomic E-state index is 5.04. The number of imidazole rings is 1. The Morgan fingerprint density at radius 3 is 2.52 bits per heavy atom. The normalized spacial score (nSPS) is 15.3. The first-order valence-corrected chi connectivity index (χ1v) is 10.7. The SMILES string of the molecule is CC[C@@H]1c2nnc(C)n2-c2cnc(-n3ccnc3-c3ccc(C)cc3)nc2N1C(C)C. The molecule has 4 aromatic rings. The fraction of sp³-hybridized carbons (Fsp3) is 0.348. The molecule has 5 rings (SSSR count). The molecular formula is C23H26N8. The van der Waals surface area contributed by atoms with Gasteiger partial charge in [0.1, 0.15) is 17.3 Å². The molecular weight excluding hydrogens is 388 g/mol. The highest BCUT2D eigenvalue weighted by Crippen LogP contribution is 2.40. The number of hydrogen-bond donors (Lipinski definition) is 0. The fourth-order valence-electron chi connectivity index (χ4n) is 4.35. The lowest BCUT2D eigenvalue weighted by molar-refractivity contribution is 0.496. The molecule has 8 nitrogen and oxygen atoms in total. The molecule has 0 radical (unpaired) electrons. The molecule has 158 valence electrons. The van der Waals surface area contributed by atoms with Crippen molar-refractivity contribution >= 4 is 5.82 Å². The van der Waals surface area contributed by atoms with Crippen LogP contribution in [0.2, 0.25) is 0 Å². The van der Waals surface area contributed by atoms with Crippen LogP contribution in [0.5, 0.6) is 0 Å². The van der Waals surface area contributed by atoms with Gasteiger partial charge >= 0.3 is 0 Å². The highest BCUT2D eigenvalue weighted by Gasteiger charge is 2.36. The van der Waals surface area contributed by atoms with Gasteiger partial charge in [0, 0.05) is 24.0 Å². The zero-order chi connectivity index (χ0) is 21.7. The molecule has 0 saturated heterocycles. The van der Waals surface area contributed by atoms with E-state index < -0.39 is 0 Å². The number of benzene rings is 1. The van der Waals surface area contributed by atoms with Crippen molar-refractivity contribution in [1.29, 1.82) is 0 Å². The lowest BCUT2D eigenvalue weighted by atomic mass is 10.1. The molecule has 0 unspecified atom stereocenters. The smallest absolute Gasteiger partial charge is 0.237 e. The van der Waals surface area contributed by atoms with E-state index in [-0.39, 0.29) is 12.1 Å². The summed E-state index contributed by atoms with van der Waals surface area (Å²) in [5.41, 5.74) is 3.16. The molecule has 0 amide bonds. The van der Waals surface area contributed by atoms with E-state index in [1.54, 1.807) is 6.20 Å². The summed E-state index contributed by atoms with van der Waals surface area (Å²) in [6, 6.07) is 8.68. The van der Waals surface area contributed by atoms with E-state index in [4.69, 9.17) is 9.97 Å². The van der Waals surface area contributed by atoms with E-state index in [9.17, 15) is 0 Å². The first kappa shape index (κ1) is 19.4. The summed E-state index contributed by atoms with van der Waals surface area (Å²) >= 11 is 0. The molecule has 4 heterocycles. The van der Waals surface area contributed by atoms with Crippen molar-refractivity contribution in [2.75, 3.05) is 4.90 Å². The third kappa shape index (κ3) is 3.01. The number of rotatable bonds is 4. The van der Waals surface area contributed by atoms with Gasteiger partial charge in [-0.25, -0.2) is 9.97 Å². The van der Waals surface area contributed by atoms with Gasteiger partial charge in [0.15, 0.2) is 11.6 Å². The van der Waals surface area contributed by atoms with Gasteiger partial charge in [0.05, 0.1) is 12.2 Å². The van der Waals surface area contributed by atoms with Crippen LogP contribution in [0.1, 0.15) is 50.4 Å². The van der Waals surface area contributed by atoms with Crippen LogP contribution >= 0.6 is 0 Å². The number of fused-ring (bicyclic) bond motifs is 3. The monoisotopic (exact) mass is 414 g/mol. The van der Waals surface area contributed by atoms with Gasteiger partial charge in [-0.3, -0.25) is 9.13 Å². The Morgan fingerprint density at radius 1 is 1.03 bits per heavy atom. The van der Waals surface area contributed by atoms with Crippen LogP contribution in [0.25, 0.3) is 23.0 Å². The van der Waals surface area contributed by atoms with Gasteiger partial charge < -0.3 is 4.90 Å². The molecule has 8 heteroatoms. The predicted molar refractivity (Wildman–Crippen MR) is 120 cm³/mol. The average molecular weight is 415 g/mol. The molecule has 31 heavy (non-hydrogen) atoms. The highest BCUT2D eigenvalue weighted by atomic mass is 15.4. The number of anilines is 1. The quantitative estimate of drug-likeness (QED) is 0.498. The number of aromatic nitrogens is 7. The summed E-state index contributed by atoms with van der Waals surface area (Å²) in [5.74, 6) is 4.10. The van der Waals surface area contributed by atoms with Gasteiger partial charge in [-0.1, -0.05) is 36.8 Å². The van der Waals surface area contributed by atoms with Gasteiger partial charge in [-0.05, 0) is 34.1 Å². The van der Waals surface area contributed by atoms with Crippen molar-refractivity contribution in [2.24, 2.45) is 0 Å². The predicted octanol–water partition coefficient (Wildman–Crippen LogP) is 4.21. The van der Waals surface area contributed by atoms with Crippen LogP contribution in [0, 0.1) is 13.8 Å². The largest absolute Gasteiger partial charge is 0.342 e. The van der Waals surface area contributed by atoms with Crippen molar-refractivity contribution in [3.05, 3.63) is 60.1 Å². The Morgan fingerprint density at radius 2 is 1.81 bits per heavy atom. The first-order valence-electron chi connectivity index (χ1n) is 10.7. The second-order valence-corrected chi connectivity index (χ2v) is 8.23. The van der Waals surface area contributed by atoms with Crippen LogP contribution < -0.4 is 4.90 Å². The molecule has 0 bridgehead atoms. The van der Waals surface area contributed by atoms with Gasteiger partial charge in [0.25, 0.3) is 0 Å². The molecule has 1 aliphatic rings. The maximum atomic E-state index is 5.04. The molecule has 0 saturated carbocycles. The summed E-state index contributed by atoms with van der Waals surface area (Å²) < 4.78 is 4.03. The summed E-state index contributed by atoms with van der Waals surface area (Å²) in [6.07, 6.45) is 6.48. The van der Waals surface area contributed by atoms with Gasteiger partial charge in [-0.2, -0.15) is 4.98 Å². The van der Waals surface area contributed by atoms with E-state index in [1.165, 1.54) is 5.56 Å². The minimum atomic E-state index is 0.107. The Labute approximate surface area is 181 Å². The molecule has 0 spiro atoms. The average Bonchev–Trinajstić information content (AvgIpc) is 3.40. The zero-order valence-corrected chi connectivity index (χ0v) is 18.5. The summed E-state index contributed by atoms with van der Waals surface area (Å²) in [5, 5.41) is 8.81. The second kappa shape index (κ2) is 7.30. The number of hydrogen-bond acceptors (Lipinski definition) is 6. The Hall–Kier alpha value is -3.55. The van der Waals surface area contributed by atoms with Crippen LogP contribution in [0.3, 0.4) is 0 Å². The molecule has 1 aliphatic heterocycles. The minimum absolute atomic E-state index is 0.107. The van der Waals surface area contributed by atoms with E-state index >= 15 is 0 Å². The highest BCUT2D eigenvalue weighted by molar-refractivity contribution is 5.64. The number of aryl methyl sites for hydroxylation is 2. The lowest BCUT2D eigenvalue weighted by Crippen LogP contribution is -2.40. The topological polar surface area (TPSA) is 77.5 Å². The Kier molecular flexibility index (Phi) is 4.57. The van der Waals surface area contributed by atoms with Gasteiger partial charge in [0.2, 0.25) is 5.95 Å². The Balaban J connectivity index is 1.68. The summed E-state index contributed by atoms with van der Waals surface area (Å²) in [6.45, 7) is 10.6. The molecule has 3 aromatic heterocycles. The van der Waals surface area contributed by atoms with Crippen molar-refractivity contribution in [3.63, 3.8) is 0 Å². The third-order valence-electron chi connectivity index (χ3n) is 5.82. The van der Waals surface area contributed by atoms with Crippen molar-refractivity contribution in [2.45, 2.75) is 53.1 Å². The van der Waals surface area contributed by atoms with E-state index in [1.807, 2.05) is 23.9 Å². The Bertz CT molecular complexity index is 1230. The van der Waals surface area contributed by atoms with Crippen LogP contribution in [0.4, 0.5) is 5.82 Å². The van der Waals surface area contributed by atoms with Crippen molar-refractivity contribution in [1.82, 2.24) is 34.3 Å². The van der Waals surface area contributed by atoms with Gasteiger partial charge in [-0.15, -0.1) is 10.2 Å². The van der Waals surface area contributed by atoms with E-state index in [0.29, 0.717) is 5.95 Å². The molecule has 0 N–H and O–H groups in total. The van der Waals surface area contributed by atoms with Crippen LogP contribution in [-0.2, 0) is 0 Å². The lowest BCUT2D eigenvalue weighted by Gasteiger charge is -2.39.